The number of ether oxygens (including phenoxy) is 1. The van der Waals surface area contributed by atoms with Gasteiger partial charge in [0.1, 0.15) is 5.75 Å². The second kappa shape index (κ2) is 5.21. The summed E-state index contributed by atoms with van der Waals surface area (Å²) >= 11 is 0. The number of hydrogen-bond donors (Lipinski definition) is 1. The maximum absolute atomic E-state index is 12.6. The van der Waals surface area contributed by atoms with Crippen LogP contribution in [0.5, 0.6) is 5.75 Å². The summed E-state index contributed by atoms with van der Waals surface area (Å²) in [6.45, 7) is 6.96. The molecule has 4 heteroatoms. The van der Waals surface area contributed by atoms with Crippen LogP contribution in [-0.4, -0.2) is 31.1 Å². The van der Waals surface area contributed by atoms with Crippen molar-refractivity contribution in [3.63, 3.8) is 0 Å². The molecule has 1 aliphatic heterocycles. The minimum absolute atomic E-state index is 0.107. The highest BCUT2D eigenvalue weighted by Gasteiger charge is 2.36. The van der Waals surface area contributed by atoms with E-state index in [9.17, 15) is 4.79 Å². The van der Waals surface area contributed by atoms with Crippen LogP contribution in [0.25, 0.3) is 0 Å². The Morgan fingerprint density at radius 3 is 2.84 bits per heavy atom. The molecule has 0 aromatic heterocycles. The van der Waals surface area contributed by atoms with Crippen LogP contribution in [0.1, 0.15) is 27.2 Å². The highest BCUT2D eigenvalue weighted by Crippen LogP contribution is 2.31. The number of nitrogens with one attached hydrogen (secondary N) is 1. The van der Waals surface area contributed by atoms with Gasteiger partial charge in [0.25, 0.3) is 0 Å². The summed E-state index contributed by atoms with van der Waals surface area (Å²) in [6, 6.07) is 7.52. The van der Waals surface area contributed by atoms with Crippen molar-refractivity contribution < 1.29 is 9.53 Å². The molecule has 1 heterocycles. The molecule has 0 spiro atoms. The molecule has 0 radical (unpaired) electrons. The summed E-state index contributed by atoms with van der Waals surface area (Å²) in [4.78, 5) is 14.5. The molecule has 4 nitrogen and oxygen atoms in total. The van der Waals surface area contributed by atoms with Gasteiger partial charge in [0.15, 0.2) is 0 Å². The third-order valence-electron chi connectivity index (χ3n) is 3.69. The molecule has 1 aliphatic rings. The van der Waals surface area contributed by atoms with E-state index in [2.05, 4.69) is 19.2 Å². The van der Waals surface area contributed by atoms with E-state index in [1.807, 2.05) is 36.1 Å². The first-order chi connectivity index (χ1) is 8.95. The Morgan fingerprint density at radius 2 is 2.16 bits per heavy atom. The Bertz CT molecular complexity index is 471. The van der Waals surface area contributed by atoms with E-state index >= 15 is 0 Å². The molecule has 0 saturated carbocycles. The van der Waals surface area contributed by atoms with Gasteiger partial charge < -0.3 is 15.0 Å². The van der Waals surface area contributed by atoms with Crippen molar-refractivity contribution in [2.45, 2.75) is 38.8 Å². The second-order valence-corrected chi connectivity index (χ2v) is 5.61. The lowest BCUT2D eigenvalue weighted by Crippen LogP contribution is -2.50. The molecule has 19 heavy (non-hydrogen) atoms. The minimum Gasteiger partial charge on any atom is -0.497 e. The van der Waals surface area contributed by atoms with Crippen LogP contribution in [0.15, 0.2) is 24.3 Å². The number of nitrogens with zero attached hydrogens (tertiary/aromatic N) is 1. The summed E-state index contributed by atoms with van der Waals surface area (Å²) in [5.41, 5.74) is 0.686. The zero-order valence-corrected chi connectivity index (χ0v) is 12.1. The Labute approximate surface area is 114 Å². The Kier molecular flexibility index (Phi) is 3.80. The largest absolute Gasteiger partial charge is 0.497 e. The summed E-state index contributed by atoms with van der Waals surface area (Å²) < 4.78 is 5.25. The number of benzene rings is 1. The summed E-state index contributed by atoms with van der Waals surface area (Å²) in [7, 11) is 1.64. The lowest BCUT2D eigenvalue weighted by atomic mass is 9.97. The van der Waals surface area contributed by atoms with Crippen molar-refractivity contribution in [3.05, 3.63) is 24.3 Å². The lowest BCUT2D eigenvalue weighted by molar-refractivity contribution is -0.120. The van der Waals surface area contributed by atoms with Crippen molar-refractivity contribution >= 4 is 11.6 Å². The predicted molar refractivity (Wildman–Crippen MR) is 76.6 cm³/mol. The topological polar surface area (TPSA) is 41.6 Å². The number of carbonyl (C=O) groups excluding carboxylic acids is 1. The highest BCUT2D eigenvalue weighted by atomic mass is 16.5. The molecule has 1 unspecified atom stereocenters. The highest BCUT2D eigenvalue weighted by molar-refractivity contribution is 5.98. The quantitative estimate of drug-likeness (QED) is 0.888. The Hall–Kier alpha value is -1.55. The van der Waals surface area contributed by atoms with Crippen molar-refractivity contribution in [2.75, 3.05) is 18.6 Å². The van der Waals surface area contributed by atoms with Crippen molar-refractivity contribution in [2.24, 2.45) is 0 Å². The van der Waals surface area contributed by atoms with E-state index in [-0.39, 0.29) is 17.5 Å². The maximum atomic E-state index is 12.6. The van der Waals surface area contributed by atoms with Gasteiger partial charge in [-0.25, -0.2) is 0 Å². The zero-order chi connectivity index (χ0) is 14.0. The van der Waals surface area contributed by atoms with Gasteiger partial charge in [-0.2, -0.15) is 0 Å². The number of amides is 1. The van der Waals surface area contributed by atoms with Gasteiger partial charge in [-0.3, -0.25) is 4.79 Å². The first-order valence-electron chi connectivity index (χ1n) is 6.67. The Morgan fingerprint density at radius 1 is 1.42 bits per heavy atom. The van der Waals surface area contributed by atoms with Gasteiger partial charge >= 0.3 is 0 Å². The molecular weight excluding hydrogens is 240 g/mol. The first-order valence-corrected chi connectivity index (χ1v) is 6.67. The fourth-order valence-corrected chi connectivity index (χ4v) is 2.51. The minimum atomic E-state index is -0.207. The van der Waals surface area contributed by atoms with Gasteiger partial charge in [0, 0.05) is 17.3 Å². The van der Waals surface area contributed by atoms with Crippen molar-refractivity contribution in [1.82, 2.24) is 5.32 Å². The maximum Gasteiger partial charge on any atom is 0.244 e. The van der Waals surface area contributed by atoms with Crippen LogP contribution >= 0.6 is 0 Å². The van der Waals surface area contributed by atoms with Crippen LogP contribution < -0.4 is 15.0 Å². The zero-order valence-electron chi connectivity index (χ0n) is 12.1. The van der Waals surface area contributed by atoms with Gasteiger partial charge in [-0.15, -0.1) is 0 Å². The number of hydrogen-bond acceptors (Lipinski definition) is 3. The van der Waals surface area contributed by atoms with Gasteiger partial charge in [-0.05, 0) is 45.9 Å². The summed E-state index contributed by atoms with van der Waals surface area (Å²) in [6.07, 6.45) is 0.917. The van der Waals surface area contributed by atoms with Crippen LogP contribution in [0.4, 0.5) is 5.69 Å². The standard InChI is InChI=1S/C15H22N2O2/c1-11-14(18)17(15(2,3)8-9-16-11)12-6-5-7-13(10-12)19-4/h5-7,10-11,16H,8-9H2,1-4H3. The number of rotatable bonds is 2. The molecule has 0 bridgehead atoms. The molecule has 1 atom stereocenters. The average Bonchev–Trinajstić information content (AvgIpc) is 2.47. The second-order valence-electron chi connectivity index (χ2n) is 5.61. The van der Waals surface area contributed by atoms with Crippen molar-refractivity contribution in [3.8, 4) is 5.75 Å². The molecule has 1 aromatic rings. The molecule has 2 rings (SSSR count). The molecule has 1 N–H and O–H groups in total. The third kappa shape index (κ3) is 2.73. The normalized spacial score (nSPS) is 23.1. The van der Waals surface area contributed by atoms with E-state index in [1.54, 1.807) is 7.11 Å². The van der Waals surface area contributed by atoms with E-state index < -0.39 is 0 Å². The molecule has 1 amide bonds. The van der Waals surface area contributed by atoms with Gasteiger partial charge in [0.05, 0.1) is 13.2 Å². The Balaban J connectivity index is 2.44. The molecule has 1 fully saturated rings. The fourth-order valence-electron chi connectivity index (χ4n) is 2.51. The summed E-state index contributed by atoms with van der Waals surface area (Å²) in [5.74, 6) is 0.877. The first kappa shape index (κ1) is 13.9. The van der Waals surface area contributed by atoms with E-state index in [1.165, 1.54) is 0 Å². The molecule has 1 saturated heterocycles. The van der Waals surface area contributed by atoms with Crippen LogP contribution in [0.2, 0.25) is 0 Å². The number of carbonyl (C=O) groups is 1. The SMILES string of the molecule is COc1cccc(N2C(=O)C(C)NCCC2(C)C)c1. The number of anilines is 1. The molecule has 104 valence electrons. The summed E-state index contributed by atoms with van der Waals surface area (Å²) in [5, 5.41) is 3.26. The smallest absolute Gasteiger partial charge is 0.244 e. The number of methoxy groups -OCH3 is 1. The predicted octanol–water partition coefficient (Wildman–Crippen LogP) is 2.19. The average molecular weight is 262 g/mol. The van der Waals surface area contributed by atoms with E-state index in [0.717, 1.165) is 24.4 Å². The van der Waals surface area contributed by atoms with E-state index in [0.29, 0.717) is 0 Å². The van der Waals surface area contributed by atoms with Crippen LogP contribution in [-0.2, 0) is 4.79 Å². The fraction of sp³-hybridized carbons (Fsp3) is 0.533. The molecule has 0 aliphatic carbocycles. The van der Waals surface area contributed by atoms with Gasteiger partial charge in [-0.1, -0.05) is 6.07 Å². The third-order valence-corrected chi connectivity index (χ3v) is 3.69. The monoisotopic (exact) mass is 262 g/mol. The molecule has 1 aromatic carbocycles. The van der Waals surface area contributed by atoms with Crippen LogP contribution in [0.3, 0.4) is 0 Å². The van der Waals surface area contributed by atoms with E-state index in [4.69, 9.17) is 4.74 Å². The van der Waals surface area contributed by atoms with Crippen molar-refractivity contribution in [1.29, 1.82) is 0 Å². The lowest BCUT2D eigenvalue weighted by Gasteiger charge is -2.37. The van der Waals surface area contributed by atoms with Crippen LogP contribution in [0, 0.1) is 0 Å². The van der Waals surface area contributed by atoms with Gasteiger partial charge in [0.2, 0.25) is 5.91 Å². The molecular formula is C15H22N2O2.